The molecule has 18 heavy (non-hydrogen) atoms. The SMILES string of the molecule is O=S1(=O)CCN(c2cccc(C(F)(F)F)n2)CC1. The van der Waals surface area contributed by atoms with Crippen LogP contribution in [0.5, 0.6) is 0 Å². The Morgan fingerprint density at radius 3 is 2.33 bits per heavy atom. The van der Waals surface area contributed by atoms with Gasteiger partial charge in [0.25, 0.3) is 0 Å². The molecule has 2 heterocycles. The van der Waals surface area contributed by atoms with Gasteiger partial charge in [0, 0.05) is 13.1 Å². The van der Waals surface area contributed by atoms with Crippen LogP contribution in [0.25, 0.3) is 0 Å². The molecule has 1 fully saturated rings. The van der Waals surface area contributed by atoms with Crippen LogP contribution in [0.2, 0.25) is 0 Å². The van der Waals surface area contributed by atoms with Gasteiger partial charge in [-0.15, -0.1) is 0 Å². The monoisotopic (exact) mass is 280 g/mol. The third kappa shape index (κ3) is 2.92. The summed E-state index contributed by atoms with van der Waals surface area (Å²) in [6.07, 6.45) is -4.49. The van der Waals surface area contributed by atoms with E-state index in [0.29, 0.717) is 0 Å². The van der Waals surface area contributed by atoms with Gasteiger partial charge >= 0.3 is 6.18 Å². The Hall–Kier alpha value is -1.31. The quantitative estimate of drug-likeness (QED) is 0.779. The van der Waals surface area contributed by atoms with Crippen LogP contribution in [0, 0.1) is 0 Å². The van der Waals surface area contributed by atoms with E-state index >= 15 is 0 Å². The smallest absolute Gasteiger partial charge is 0.355 e. The van der Waals surface area contributed by atoms with Crippen molar-refractivity contribution in [3.63, 3.8) is 0 Å². The molecule has 1 aliphatic heterocycles. The number of nitrogens with zero attached hydrogens (tertiary/aromatic N) is 2. The zero-order valence-corrected chi connectivity index (χ0v) is 10.1. The lowest BCUT2D eigenvalue weighted by Gasteiger charge is -2.28. The van der Waals surface area contributed by atoms with E-state index in [-0.39, 0.29) is 30.4 Å². The Kier molecular flexibility index (Phi) is 3.22. The molecule has 100 valence electrons. The molecule has 0 spiro atoms. The van der Waals surface area contributed by atoms with Crippen molar-refractivity contribution in [3.05, 3.63) is 23.9 Å². The van der Waals surface area contributed by atoms with Gasteiger partial charge in [0.15, 0.2) is 9.84 Å². The molecule has 0 aromatic carbocycles. The lowest BCUT2D eigenvalue weighted by molar-refractivity contribution is -0.141. The van der Waals surface area contributed by atoms with Crippen LogP contribution in [-0.4, -0.2) is 38.0 Å². The van der Waals surface area contributed by atoms with Crippen LogP contribution in [-0.2, 0) is 16.0 Å². The van der Waals surface area contributed by atoms with Crippen molar-refractivity contribution in [2.45, 2.75) is 6.18 Å². The molecule has 0 aliphatic carbocycles. The first-order valence-corrected chi connectivity index (χ1v) is 7.10. The molecule has 0 atom stereocenters. The van der Waals surface area contributed by atoms with E-state index in [0.717, 1.165) is 6.07 Å². The first-order chi connectivity index (χ1) is 8.28. The van der Waals surface area contributed by atoms with E-state index in [2.05, 4.69) is 4.98 Å². The van der Waals surface area contributed by atoms with Crippen LogP contribution in [0.4, 0.5) is 19.0 Å². The summed E-state index contributed by atoms with van der Waals surface area (Å²) in [6.45, 7) is 0.354. The van der Waals surface area contributed by atoms with Crippen molar-refractivity contribution in [2.24, 2.45) is 0 Å². The van der Waals surface area contributed by atoms with Crippen molar-refractivity contribution in [1.82, 2.24) is 4.98 Å². The summed E-state index contributed by atoms with van der Waals surface area (Å²) in [5.74, 6) is 0.0651. The Balaban J connectivity index is 2.20. The highest BCUT2D eigenvalue weighted by Gasteiger charge is 2.33. The summed E-state index contributed by atoms with van der Waals surface area (Å²) >= 11 is 0. The molecule has 0 bridgehead atoms. The molecule has 0 saturated carbocycles. The number of rotatable bonds is 1. The van der Waals surface area contributed by atoms with Crippen LogP contribution in [0.1, 0.15) is 5.69 Å². The van der Waals surface area contributed by atoms with Gasteiger partial charge in [-0.3, -0.25) is 0 Å². The number of pyridine rings is 1. The second-order valence-corrected chi connectivity index (χ2v) is 6.32. The molecular formula is C10H11F3N2O2S. The lowest BCUT2D eigenvalue weighted by Crippen LogP contribution is -2.40. The average molecular weight is 280 g/mol. The summed E-state index contributed by atoms with van der Waals surface area (Å²) in [7, 11) is -3.05. The third-order valence-electron chi connectivity index (χ3n) is 2.69. The van der Waals surface area contributed by atoms with Gasteiger partial charge < -0.3 is 4.90 Å². The predicted molar refractivity (Wildman–Crippen MR) is 60.1 cm³/mol. The van der Waals surface area contributed by atoms with Crippen molar-refractivity contribution < 1.29 is 21.6 Å². The highest BCUT2D eigenvalue weighted by atomic mass is 32.2. The van der Waals surface area contributed by atoms with Gasteiger partial charge in [0.05, 0.1) is 11.5 Å². The van der Waals surface area contributed by atoms with Crippen molar-refractivity contribution in [1.29, 1.82) is 0 Å². The maximum absolute atomic E-state index is 12.5. The summed E-state index contributed by atoms with van der Waals surface area (Å²) < 4.78 is 59.9. The number of hydrogen-bond acceptors (Lipinski definition) is 4. The maximum atomic E-state index is 12.5. The number of halogens is 3. The minimum absolute atomic E-state index is 0.0507. The Morgan fingerprint density at radius 1 is 1.17 bits per heavy atom. The van der Waals surface area contributed by atoms with E-state index < -0.39 is 21.7 Å². The largest absolute Gasteiger partial charge is 0.433 e. The number of hydrogen-bond donors (Lipinski definition) is 0. The second-order valence-electron chi connectivity index (χ2n) is 4.02. The fourth-order valence-electron chi connectivity index (χ4n) is 1.70. The minimum atomic E-state index is -4.49. The Bertz CT molecular complexity index is 528. The minimum Gasteiger partial charge on any atom is -0.355 e. The van der Waals surface area contributed by atoms with Gasteiger partial charge in [-0.1, -0.05) is 6.07 Å². The van der Waals surface area contributed by atoms with Crippen molar-refractivity contribution in [2.75, 3.05) is 29.5 Å². The first-order valence-electron chi connectivity index (χ1n) is 5.27. The highest BCUT2D eigenvalue weighted by Crippen LogP contribution is 2.29. The van der Waals surface area contributed by atoms with E-state index in [4.69, 9.17) is 0 Å². The van der Waals surface area contributed by atoms with E-state index in [1.54, 1.807) is 4.90 Å². The van der Waals surface area contributed by atoms with Gasteiger partial charge in [0.2, 0.25) is 0 Å². The van der Waals surface area contributed by atoms with Crippen LogP contribution in [0.15, 0.2) is 18.2 Å². The van der Waals surface area contributed by atoms with Crippen molar-refractivity contribution >= 4 is 15.7 Å². The molecule has 4 nitrogen and oxygen atoms in total. The van der Waals surface area contributed by atoms with Gasteiger partial charge in [-0.05, 0) is 12.1 Å². The standard InChI is InChI=1S/C10H11F3N2O2S/c11-10(12,13)8-2-1-3-9(14-8)15-4-6-18(16,17)7-5-15/h1-3H,4-7H2. The van der Waals surface area contributed by atoms with E-state index in [1.807, 2.05) is 0 Å². The fourth-order valence-corrected chi connectivity index (χ4v) is 2.90. The van der Waals surface area contributed by atoms with Crippen molar-refractivity contribution in [3.8, 4) is 0 Å². The molecule has 0 amide bonds. The Labute approximate surface area is 102 Å². The number of aromatic nitrogens is 1. The summed E-state index contributed by atoms with van der Waals surface area (Å²) in [4.78, 5) is 5.07. The zero-order chi connectivity index (χ0) is 13.4. The molecule has 1 saturated heterocycles. The highest BCUT2D eigenvalue weighted by molar-refractivity contribution is 7.91. The number of anilines is 1. The number of alkyl halides is 3. The van der Waals surface area contributed by atoms with E-state index in [1.165, 1.54) is 12.1 Å². The molecule has 0 radical (unpaired) electrons. The molecule has 1 aromatic heterocycles. The summed E-state index contributed by atoms with van der Waals surface area (Å²) in [5.41, 5.74) is -0.964. The van der Waals surface area contributed by atoms with Gasteiger partial charge in [-0.25, -0.2) is 13.4 Å². The molecular weight excluding hydrogens is 269 g/mol. The normalized spacial score (nSPS) is 19.8. The van der Waals surface area contributed by atoms with E-state index in [9.17, 15) is 21.6 Å². The molecule has 0 N–H and O–H groups in total. The first kappa shape index (κ1) is 13.1. The predicted octanol–water partition coefficient (Wildman–Crippen LogP) is 1.34. The molecule has 1 aromatic rings. The van der Waals surface area contributed by atoms with Crippen LogP contribution < -0.4 is 4.90 Å². The topological polar surface area (TPSA) is 50.3 Å². The summed E-state index contributed by atoms with van der Waals surface area (Å²) in [5, 5.41) is 0. The van der Waals surface area contributed by atoms with Gasteiger partial charge in [0.1, 0.15) is 11.5 Å². The maximum Gasteiger partial charge on any atom is 0.433 e. The molecule has 1 aliphatic rings. The Morgan fingerprint density at radius 2 is 1.78 bits per heavy atom. The molecule has 8 heteroatoms. The zero-order valence-electron chi connectivity index (χ0n) is 9.31. The second kappa shape index (κ2) is 4.42. The third-order valence-corrected chi connectivity index (χ3v) is 4.30. The average Bonchev–Trinajstić information content (AvgIpc) is 2.28. The molecule has 0 unspecified atom stereocenters. The van der Waals surface area contributed by atoms with Crippen LogP contribution in [0.3, 0.4) is 0 Å². The summed E-state index contributed by atoms with van der Waals surface area (Å²) in [6, 6.07) is 3.62. The lowest BCUT2D eigenvalue weighted by atomic mass is 10.3. The van der Waals surface area contributed by atoms with Crippen LogP contribution >= 0.6 is 0 Å². The van der Waals surface area contributed by atoms with Gasteiger partial charge in [-0.2, -0.15) is 13.2 Å². The number of sulfone groups is 1. The molecule has 2 rings (SSSR count). The fraction of sp³-hybridized carbons (Fsp3) is 0.500.